The van der Waals surface area contributed by atoms with Crippen LogP contribution >= 0.6 is 11.6 Å². The first-order valence-corrected chi connectivity index (χ1v) is 8.49. The predicted molar refractivity (Wildman–Crippen MR) is 90.1 cm³/mol. The Kier molecular flexibility index (Phi) is 5.95. The Morgan fingerprint density at radius 2 is 1.90 bits per heavy atom. The van der Waals surface area contributed by atoms with Gasteiger partial charge in [-0.15, -0.1) is 0 Å². The van der Waals surface area contributed by atoms with E-state index >= 15 is 0 Å². The predicted octanol–water partition coefficient (Wildman–Crippen LogP) is 5.19. The third-order valence-electron chi connectivity index (χ3n) is 4.07. The van der Waals surface area contributed by atoms with Gasteiger partial charge in [0.25, 0.3) is 0 Å². The third-order valence-corrected chi connectivity index (χ3v) is 4.42. The smallest absolute Gasteiger partial charge is 0.125 e. The molecule has 0 aromatic heterocycles. The Morgan fingerprint density at radius 3 is 2.57 bits per heavy atom. The molecule has 0 atom stereocenters. The summed E-state index contributed by atoms with van der Waals surface area (Å²) in [7, 11) is 0. The molecular formula is C18H28ClNO. The van der Waals surface area contributed by atoms with Crippen LogP contribution in [0.15, 0.2) is 18.2 Å². The summed E-state index contributed by atoms with van der Waals surface area (Å²) >= 11 is 6.36. The molecule has 0 aliphatic heterocycles. The zero-order valence-electron chi connectivity index (χ0n) is 13.5. The van der Waals surface area contributed by atoms with Crippen LogP contribution in [0.2, 0.25) is 5.02 Å². The Bertz CT molecular complexity index is 447. The molecule has 0 radical (unpaired) electrons. The summed E-state index contributed by atoms with van der Waals surface area (Å²) in [6, 6.07) is 5.95. The lowest BCUT2D eigenvalue weighted by Gasteiger charge is -2.24. The SMILES string of the molecule is CC(C)(C)NCc1c(Cl)cccc1OCC1CCCCC1. The lowest BCUT2D eigenvalue weighted by molar-refractivity contribution is 0.207. The minimum atomic E-state index is 0.0693. The summed E-state index contributed by atoms with van der Waals surface area (Å²) in [6.07, 6.45) is 6.69. The van der Waals surface area contributed by atoms with E-state index in [-0.39, 0.29) is 5.54 Å². The van der Waals surface area contributed by atoms with Crippen LogP contribution in [-0.4, -0.2) is 12.1 Å². The average molecular weight is 310 g/mol. The van der Waals surface area contributed by atoms with E-state index in [0.717, 1.165) is 29.5 Å². The van der Waals surface area contributed by atoms with E-state index in [2.05, 4.69) is 26.1 Å². The minimum Gasteiger partial charge on any atom is -0.493 e. The third kappa shape index (κ3) is 5.52. The summed E-state index contributed by atoms with van der Waals surface area (Å²) in [5.41, 5.74) is 1.14. The summed E-state index contributed by atoms with van der Waals surface area (Å²) in [5.74, 6) is 1.64. The fourth-order valence-electron chi connectivity index (χ4n) is 2.76. The van der Waals surface area contributed by atoms with E-state index in [1.165, 1.54) is 32.1 Å². The first-order valence-electron chi connectivity index (χ1n) is 8.11. The number of nitrogens with one attached hydrogen (secondary N) is 1. The van der Waals surface area contributed by atoms with E-state index in [4.69, 9.17) is 16.3 Å². The van der Waals surface area contributed by atoms with Crippen LogP contribution in [-0.2, 0) is 6.54 Å². The van der Waals surface area contributed by atoms with Crippen LogP contribution in [0.4, 0.5) is 0 Å². The van der Waals surface area contributed by atoms with E-state index in [1.807, 2.05) is 18.2 Å². The van der Waals surface area contributed by atoms with Crippen LogP contribution in [0, 0.1) is 5.92 Å². The molecule has 3 heteroatoms. The fraction of sp³-hybridized carbons (Fsp3) is 0.667. The number of halogens is 1. The van der Waals surface area contributed by atoms with Gasteiger partial charge in [0, 0.05) is 22.7 Å². The van der Waals surface area contributed by atoms with Crippen molar-refractivity contribution in [2.24, 2.45) is 5.92 Å². The second-order valence-corrected chi connectivity index (χ2v) is 7.54. The molecule has 0 unspecified atom stereocenters. The Hall–Kier alpha value is -0.730. The molecule has 21 heavy (non-hydrogen) atoms. The molecule has 0 bridgehead atoms. The molecule has 1 saturated carbocycles. The van der Waals surface area contributed by atoms with E-state index < -0.39 is 0 Å². The van der Waals surface area contributed by atoms with Crippen LogP contribution in [0.3, 0.4) is 0 Å². The molecule has 1 aliphatic carbocycles. The van der Waals surface area contributed by atoms with Gasteiger partial charge in [-0.05, 0) is 51.7 Å². The largest absolute Gasteiger partial charge is 0.493 e. The van der Waals surface area contributed by atoms with Gasteiger partial charge in [-0.2, -0.15) is 0 Å². The standard InChI is InChI=1S/C18H28ClNO/c1-18(2,3)20-12-15-16(19)10-7-11-17(15)21-13-14-8-5-4-6-9-14/h7,10-11,14,20H,4-6,8-9,12-13H2,1-3H3. The van der Waals surface area contributed by atoms with Gasteiger partial charge in [0.05, 0.1) is 6.61 Å². The highest BCUT2D eigenvalue weighted by Crippen LogP contribution is 2.29. The van der Waals surface area contributed by atoms with Gasteiger partial charge in [0.15, 0.2) is 0 Å². The van der Waals surface area contributed by atoms with Gasteiger partial charge < -0.3 is 10.1 Å². The van der Waals surface area contributed by atoms with Crippen molar-refractivity contribution in [1.29, 1.82) is 0 Å². The van der Waals surface area contributed by atoms with Crippen molar-refractivity contribution < 1.29 is 4.74 Å². The molecule has 2 nitrogen and oxygen atoms in total. The number of ether oxygens (including phenoxy) is 1. The normalized spacial score (nSPS) is 17.0. The molecule has 1 fully saturated rings. The maximum Gasteiger partial charge on any atom is 0.125 e. The highest BCUT2D eigenvalue weighted by molar-refractivity contribution is 6.31. The quantitative estimate of drug-likeness (QED) is 0.808. The molecule has 1 aromatic carbocycles. The van der Waals surface area contributed by atoms with E-state index in [9.17, 15) is 0 Å². The monoisotopic (exact) mass is 309 g/mol. The molecule has 0 amide bonds. The van der Waals surface area contributed by atoms with Crippen LogP contribution in [0.5, 0.6) is 5.75 Å². The maximum absolute atomic E-state index is 6.36. The van der Waals surface area contributed by atoms with Gasteiger partial charge in [-0.3, -0.25) is 0 Å². The first-order chi connectivity index (χ1) is 9.96. The number of hydrogen-bond acceptors (Lipinski definition) is 2. The second kappa shape index (κ2) is 7.51. The molecule has 1 N–H and O–H groups in total. The Labute approximate surface area is 134 Å². The van der Waals surface area contributed by atoms with E-state index in [0.29, 0.717) is 5.92 Å². The van der Waals surface area contributed by atoms with Gasteiger partial charge in [0.2, 0.25) is 0 Å². The molecule has 0 heterocycles. The highest BCUT2D eigenvalue weighted by atomic mass is 35.5. The van der Waals surface area contributed by atoms with Crippen molar-refractivity contribution in [3.63, 3.8) is 0 Å². The molecule has 0 spiro atoms. The summed E-state index contributed by atoms with van der Waals surface area (Å²) in [6.45, 7) is 8.04. The van der Waals surface area contributed by atoms with Crippen LogP contribution in [0.25, 0.3) is 0 Å². The molecule has 2 rings (SSSR count). The zero-order chi connectivity index (χ0) is 15.3. The van der Waals surface area contributed by atoms with Gasteiger partial charge in [-0.25, -0.2) is 0 Å². The second-order valence-electron chi connectivity index (χ2n) is 7.14. The minimum absolute atomic E-state index is 0.0693. The lowest BCUT2D eigenvalue weighted by Crippen LogP contribution is -2.35. The number of rotatable bonds is 5. The fourth-order valence-corrected chi connectivity index (χ4v) is 2.99. The Morgan fingerprint density at radius 1 is 1.19 bits per heavy atom. The highest BCUT2D eigenvalue weighted by Gasteiger charge is 2.17. The average Bonchev–Trinajstić information content (AvgIpc) is 2.44. The maximum atomic E-state index is 6.36. The summed E-state index contributed by atoms with van der Waals surface area (Å²) in [5, 5.41) is 4.28. The van der Waals surface area contributed by atoms with E-state index in [1.54, 1.807) is 0 Å². The van der Waals surface area contributed by atoms with Crippen LogP contribution in [0.1, 0.15) is 58.4 Å². The topological polar surface area (TPSA) is 21.3 Å². The molecule has 1 aliphatic rings. The van der Waals surface area contributed by atoms with Crippen molar-refractivity contribution in [3.8, 4) is 5.75 Å². The van der Waals surface area contributed by atoms with Gasteiger partial charge in [-0.1, -0.05) is 36.9 Å². The first kappa shape index (κ1) is 16.6. The van der Waals surface area contributed by atoms with Crippen molar-refractivity contribution >= 4 is 11.6 Å². The molecular weight excluding hydrogens is 282 g/mol. The molecule has 118 valence electrons. The van der Waals surface area contributed by atoms with Crippen molar-refractivity contribution in [2.75, 3.05) is 6.61 Å². The summed E-state index contributed by atoms with van der Waals surface area (Å²) < 4.78 is 6.10. The van der Waals surface area contributed by atoms with Crippen molar-refractivity contribution in [1.82, 2.24) is 5.32 Å². The van der Waals surface area contributed by atoms with Crippen molar-refractivity contribution in [3.05, 3.63) is 28.8 Å². The van der Waals surface area contributed by atoms with Crippen LogP contribution < -0.4 is 10.1 Å². The Balaban J connectivity index is 1.99. The molecule has 0 saturated heterocycles. The van der Waals surface area contributed by atoms with Gasteiger partial charge in [0.1, 0.15) is 5.75 Å². The zero-order valence-corrected chi connectivity index (χ0v) is 14.3. The van der Waals surface area contributed by atoms with Crippen molar-refractivity contribution in [2.45, 2.75) is 65.0 Å². The molecule has 1 aromatic rings. The lowest BCUT2D eigenvalue weighted by atomic mass is 9.90. The number of hydrogen-bond donors (Lipinski definition) is 1. The number of benzene rings is 1. The summed E-state index contributed by atoms with van der Waals surface area (Å²) in [4.78, 5) is 0. The van der Waals surface area contributed by atoms with Gasteiger partial charge >= 0.3 is 0 Å².